The van der Waals surface area contributed by atoms with Crippen molar-refractivity contribution in [2.45, 2.75) is 15.8 Å². The molecule has 0 aliphatic heterocycles. The van der Waals surface area contributed by atoms with Crippen LogP contribution in [0, 0.1) is 0 Å². The number of thiazole rings is 1. The van der Waals surface area contributed by atoms with Crippen molar-refractivity contribution in [3.63, 3.8) is 0 Å². The van der Waals surface area contributed by atoms with Gasteiger partial charge in [-0.05, 0) is 33.6 Å². The Balaban J connectivity index is 1.93. The summed E-state index contributed by atoms with van der Waals surface area (Å²) in [7, 11) is 1.71. The van der Waals surface area contributed by atoms with E-state index < -0.39 is 0 Å². The Labute approximate surface area is 129 Å². The van der Waals surface area contributed by atoms with E-state index in [1.165, 1.54) is 10.5 Å². The zero-order valence-corrected chi connectivity index (χ0v) is 13.8. The molecule has 0 bridgehead atoms. The fourth-order valence-electron chi connectivity index (χ4n) is 1.50. The fourth-order valence-corrected chi connectivity index (χ4v) is 3.75. The highest BCUT2D eigenvalue weighted by Gasteiger charge is 2.05. The summed E-state index contributed by atoms with van der Waals surface area (Å²) >= 11 is 6.96. The van der Waals surface area contributed by atoms with Crippen LogP contribution >= 0.6 is 39.0 Å². The van der Waals surface area contributed by atoms with Gasteiger partial charge in [-0.3, -0.25) is 0 Å². The van der Waals surface area contributed by atoms with Crippen molar-refractivity contribution in [3.8, 4) is 0 Å². The van der Waals surface area contributed by atoms with Crippen LogP contribution in [0.5, 0.6) is 0 Å². The molecule has 3 nitrogen and oxygen atoms in total. The standard InChI is InChI=1S/C13H15BrN2OS2/c1-17-6-4-15-9-10-2-3-12(11(14)8-10)19-13-16-5-7-18-13/h2-3,5,7-8,15H,4,6,9H2,1H3. The van der Waals surface area contributed by atoms with Crippen molar-refractivity contribution < 1.29 is 4.74 Å². The van der Waals surface area contributed by atoms with E-state index in [0.29, 0.717) is 0 Å². The summed E-state index contributed by atoms with van der Waals surface area (Å²) in [5.41, 5.74) is 1.26. The number of hydrogen-bond donors (Lipinski definition) is 1. The number of halogens is 1. The van der Waals surface area contributed by atoms with Crippen molar-refractivity contribution in [2.24, 2.45) is 0 Å². The molecule has 0 aliphatic carbocycles. The summed E-state index contributed by atoms with van der Waals surface area (Å²) in [6.07, 6.45) is 1.83. The molecular weight excluding hydrogens is 344 g/mol. The van der Waals surface area contributed by atoms with Crippen LogP contribution in [-0.4, -0.2) is 25.2 Å². The predicted molar refractivity (Wildman–Crippen MR) is 84.0 cm³/mol. The van der Waals surface area contributed by atoms with Crippen molar-refractivity contribution in [2.75, 3.05) is 20.3 Å². The quantitative estimate of drug-likeness (QED) is 0.763. The minimum absolute atomic E-state index is 0.735. The Bertz CT molecular complexity index is 505. The number of nitrogens with one attached hydrogen (secondary N) is 1. The van der Waals surface area contributed by atoms with E-state index >= 15 is 0 Å². The number of methoxy groups -OCH3 is 1. The van der Waals surface area contributed by atoms with E-state index in [1.54, 1.807) is 30.2 Å². The first-order valence-corrected chi connectivity index (χ1v) is 8.34. The van der Waals surface area contributed by atoms with E-state index in [9.17, 15) is 0 Å². The molecule has 1 aromatic carbocycles. The maximum Gasteiger partial charge on any atom is 0.154 e. The molecule has 0 atom stereocenters. The Morgan fingerprint density at radius 1 is 1.47 bits per heavy atom. The fraction of sp³-hybridized carbons (Fsp3) is 0.308. The molecule has 6 heteroatoms. The van der Waals surface area contributed by atoms with E-state index in [2.05, 4.69) is 44.4 Å². The van der Waals surface area contributed by atoms with Gasteiger partial charge < -0.3 is 10.1 Å². The van der Waals surface area contributed by atoms with Gasteiger partial charge in [-0.15, -0.1) is 11.3 Å². The second kappa shape index (κ2) is 8.01. The minimum atomic E-state index is 0.735. The third-order valence-corrected chi connectivity index (χ3v) is 5.29. The van der Waals surface area contributed by atoms with E-state index in [0.717, 1.165) is 28.5 Å². The highest BCUT2D eigenvalue weighted by atomic mass is 79.9. The summed E-state index contributed by atoms with van der Waals surface area (Å²) in [6, 6.07) is 6.42. The minimum Gasteiger partial charge on any atom is -0.383 e. The van der Waals surface area contributed by atoms with Crippen LogP contribution in [-0.2, 0) is 11.3 Å². The highest BCUT2D eigenvalue weighted by molar-refractivity contribution is 9.10. The molecule has 0 fully saturated rings. The molecule has 0 radical (unpaired) electrons. The van der Waals surface area contributed by atoms with E-state index in [-0.39, 0.29) is 0 Å². The van der Waals surface area contributed by atoms with Crippen molar-refractivity contribution in [1.82, 2.24) is 10.3 Å². The average molecular weight is 359 g/mol. The van der Waals surface area contributed by atoms with Crippen LogP contribution in [0.15, 0.2) is 43.5 Å². The van der Waals surface area contributed by atoms with Crippen molar-refractivity contribution >= 4 is 39.0 Å². The first-order chi connectivity index (χ1) is 9.29. The van der Waals surface area contributed by atoms with Crippen LogP contribution in [0.1, 0.15) is 5.56 Å². The number of ether oxygens (including phenoxy) is 1. The van der Waals surface area contributed by atoms with Gasteiger partial charge >= 0.3 is 0 Å². The predicted octanol–water partition coefficient (Wildman–Crippen LogP) is 3.79. The molecule has 0 aliphatic rings. The SMILES string of the molecule is COCCNCc1ccc(Sc2nccs2)c(Br)c1. The summed E-state index contributed by atoms with van der Waals surface area (Å²) in [5.74, 6) is 0. The first-order valence-electron chi connectivity index (χ1n) is 5.85. The number of rotatable bonds is 7. The normalized spacial score (nSPS) is 10.8. The third kappa shape index (κ3) is 4.89. The summed E-state index contributed by atoms with van der Waals surface area (Å²) in [5, 5.41) is 5.32. The lowest BCUT2D eigenvalue weighted by Gasteiger charge is -2.07. The Morgan fingerprint density at radius 3 is 3.05 bits per heavy atom. The summed E-state index contributed by atoms with van der Waals surface area (Å²) < 4.78 is 7.17. The molecule has 0 unspecified atom stereocenters. The monoisotopic (exact) mass is 358 g/mol. The molecule has 0 saturated heterocycles. The molecule has 1 aromatic heterocycles. The van der Waals surface area contributed by atoms with Crippen LogP contribution in [0.2, 0.25) is 0 Å². The van der Waals surface area contributed by atoms with Gasteiger partial charge in [-0.2, -0.15) is 0 Å². The molecule has 19 heavy (non-hydrogen) atoms. The van der Waals surface area contributed by atoms with Gasteiger partial charge in [0.2, 0.25) is 0 Å². The maximum absolute atomic E-state index is 5.00. The second-order valence-corrected chi connectivity index (χ2v) is 6.87. The van der Waals surface area contributed by atoms with Gasteiger partial charge in [0.1, 0.15) is 0 Å². The van der Waals surface area contributed by atoms with Crippen LogP contribution in [0.4, 0.5) is 0 Å². The lowest BCUT2D eigenvalue weighted by Crippen LogP contribution is -2.18. The Kier molecular flexibility index (Phi) is 6.33. The molecule has 1 heterocycles. The Hall–Kier alpha value is -0.400. The van der Waals surface area contributed by atoms with E-state index in [1.807, 2.05) is 11.6 Å². The molecule has 2 aromatic rings. The van der Waals surface area contributed by atoms with E-state index in [4.69, 9.17) is 4.74 Å². The van der Waals surface area contributed by atoms with Crippen molar-refractivity contribution in [3.05, 3.63) is 39.8 Å². The summed E-state index contributed by atoms with van der Waals surface area (Å²) in [4.78, 5) is 5.47. The molecule has 0 amide bonds. The highest BCUT2D eigenvalue weighted by Crippen LogP contribution is 2.34. The van der Waals surface area contributed by atoms with Crippen LogP contribution in [0.3, 0.4) is 0 Å². The molecular formula is C13H15BrN2OS2. The summed E-state index contributed by atoms with van der Waals surface area (Å²) in [6.45, 7) is 2.45. The van der Waals surface area contributed by atoms with Crippen molar-refractivity contribution in [1.29, 1.82) is 0 Å². The van der Waals surface area contributed by atoms with Gasteiger partial charge in [0.05, 0.1) is 6.61 Å². The lowest BCUT2D eigenvalue weighted by molar-refractivity contribution is 0.199. The van der Waals surface area contributed by atoms with Gasteiger partial charge in [-0.25, -0.2) is 4.98 Å². The van der Waals surface area contributed by atoms with Gasteiger partial charge in [0.25, 0.3) is 0 Å². The molecule has 0 spiro atoms. The maximum atomic E-state index is 5.00. The number of nitrogens with zero attached hydrogens (tertiary/aromatic N) is 1. The van der Waals surface area contributed by atoms with Crippen LogP contribution in [0.25, 0.3) is 0 Å². The second-order valence-electron chi connectivity index (χ2n) is 3.83. The van der Waals surface area contributed by atoms with Gasteiger partial charge in [-0.1, -0.05) is 17.8 Å². The third-order valence-electron chi connectivity index (χ3n) is 2.42. The zero-order chi connectivity index (χ0) is 13.5. The molecule has 1 N–H and O–H groups in total. The number of hydrogen-bond acceptors (Lipinski definition) is 5. The number of aromatic nitrogens is 1. The number of benzene rings is 1. The zero-order valence-electron chi connectivity index (χ0n) is 10.6. The molecule has 0 saturated carbocycles. The van der Waals surface area contributed by atoms with Crippen LogP contribution < -0.4 is 5.32 Å². The first kappa shape index (κ1) is 15.0. The smallest absolute Gasteiger partial charge is 0.154 e. The molecule has 2 rings (SSSR count). The topological polar surface area (TPSA) is 34.1 Å². The average Bonchev–Trinajstić information content (AvgIpc) is 2.91. The largest absolute Gasteiger partial charge is 0.383 e. The van der Waals surface area contributed by atoms with Gasteiger partial charge in [0, 0.05) is 41.1 Å². The Morgan fingerprint density at radius 2 is 2.37 bits per heavy atom. The van der Waals surface area contributed by atoms with Gasteiger partial charge in [0.15, 0.2) is 4.34 Å². The molecule has 102 valence electrons. The lowest BCUT2D eigenvalue weighted by atomic mass is 10.2.